The zero-order chi connectivity index (χ0) is 7.56. The number of nitrogens with zero attached hydrogens (tertiary/aromatic N) is 1. The van der Waals surface area contributed by atoms with Gasteiger partial charge in [-0.25, -0.2) is 9.36 Å². The molecule has 1 heterocycles. The quantitative estimate of drug-likeness (QED) is 0.576. The fraction of sp³-hybridized carbons (Fsp3) is 0. The first-order chi connectivity index (χ1) is 4.75. The van der Waals surface area contributed by atoms with Crippen LogP contribution in [0.3, 0.4) is 0 Å². The Kier molecular flexibility index (Phi) is 1.53. The highest BCUT2D eigenvalue weighted by Crippen LogP contribution is 1.66. The minimum Gasteiger partial charge on any atom is -0.314 e. The van der Waals surface area contributed by atoms with E-state index in [1.807, 2.05) is 0 Å². The highest BCUT2D eigenvalue weighted by atomic mass is 16.2. The van der Waals surface area contributed by atoms with Gasteiger partial charge in [-0.15, -0.1) is 0 Å². The monoisotopic (exact) mass is 138 g/mol. The van der Waals surface area contributed by atoms with Crippen molar-refractivity contribution in [1.29, 1.82) is 0 Å². The lowest BCUT2D eigenvalue weighted by molar-refractivity contribution is 0.922. The number of aromatic amines is 1. The SMILES string of the molecule is C=Cn1c(=O)cc[nH]c1=O. The van der Waals surface area contributed by atoms with Crippen molar-refractivity contribution in [2.45, 2.75) is 0 Å². The number of hydrogen-bond acceptors (Lipinski definition) is 2. The van der Waals surface area contributed by atoms with Crippen LogP contribution in [0.1, 0.15) is 0 Å². The van der Waals surface area contributed by atoms with Crippen LogP contribution in [-0.2, 0) is 0 Å². The Hall–Kier alpha value is -1.58. The maximum absolute atomic E-state index is 10.7. The molecule has 0 saturated carbocycles. The molecule has 52 valence electrons. The molecule has 1 N–H and O–H groups in total. The summed E-state index contributed by atoms with van der Waals surface area (Å²) in [7, 11) is 0. The van der Waals surface area contributed by atoms with Crippen molar-refractivity contribution < 1.29 is 0 Å². The van der Waals surface area contributed by atoms with Crippen LogP contribution in [0.4, 0.5) is 0 Å². The smallest absolute Gasteiger partial charge is 0.314 e. The van der Waals surface area contributed by atoms with E-state index in [2.05, 4.69) is 11.6 Å². The summed E-state index contributed by atoms with van der Waals surface area (Å²) in [6, 6.07) is 1.25. The largest absolute Gasteiger partial charge is 0.332 e. The maximum atomic E-state index is 10.7. The normalized spacial score (nSPS) is 9.20. The zero-order valence-corrected chi connectivity index (χ0v) is 5.20. The lowest BCUT2D eigenvalue weighted by Crippen LogP contribution is -2.29. The van der Waals surface area contributed by atoms with Gasteiger partial charge in [-0.2, -0.15) is 0 Å². The molecule has 0 amide bonds. The van der Waals surface area contributed by atoms with E-state index in [-0.39, 0.29) is 5.56 Å². The molecule has 0 unspecified atom stereocenters. The predicted octanol–water partition coefficient (Wildman–Crippen LogP) is -0.363. The lowest BCUT2D eigenvalue weighted by Gasteiger charge is -1.90. The second kappa shape index (κ2) is 2.34. The molecular formula is C6H6N2O2. The Bertz CT molecular complexity index is 319. The van der Waals surface area contributed by atoms with Crippen molar-refractivity contribution >= 4 is 6.20 Å². The molecule has 0 radical (unpaired) electrons. The fourth-order valence-corrected chi connectivity index (χ4v) is 0.607. The Morgan fingerprint density at radius 2 is 2.30 bits per heavy atom. The fourth-order valence-electron chi connectivity index (χ4n) is 0.607. The number of H-pyrrole nitrogens is 1. The summed E-state index contributed by atoms with van der Waals surface area (Å²) in [5.41, 5.74) is -0.846. The van der Waals surface area contributed by atoms with Crippen molar-refractivity contribution in [2.24, 2.45) is 0 Å². The van der Waals surface area contributed by atoms with Gasteiger partial charge in [0.1, 0.15) is 0 Å². The van der Waals surface area contributed by atoms with E-state index in [0.29, 0.717) is 0 Å². The van der Waals surface area contributed by atoms with E-state index >= 15 is 0 Å². The summed E-state index contributed by atoms with van der Waals surface area (Å²) < 4.78 is 0.889. The van der Waals surface area contributed by atoms with Gasteiger partial charge < -0.3 is 4.98 Å². The molecule has 0 saturated heterocycles. The van der Waals surface area contributed by atoms with Crippen molar-refractivity contribution in [1.82, 2.24) is 9.55 Å². The first-order valence-corrected chi connectivity index (χ1v) is 2.68. The predicted molar refractivity (Wildman–Crippen MR) is 37.7 cm³/mol. The van der Waals surface area contributed by atoms with Crippen LogP contribution in [0.2, 0.25) is 0 Å². The molecule has 1 aromatic heterocycles. The summed E-state index contributed by atoms with van der Waals surface area (Å²) in [6.45, 7) is 3.30. The van der Waals surface area contributed by atoms with E-state index in [1.165, 1.54) is 18.5 Å². The van der Waals surface area contributed by atoms with Gasteiger partial charge in [0.2, 0.25) is 0 Å². The van der Waals surface area contributed by atoms with Crippen LogP contribution < -0.4 is 11.2 Å². The zero-order valence-electron chi connectivity index (χ0n) is 5.20. The first kappa shape index (κ1) is 6.54. The Morgan fingerprint density at radius 3 is 2.70 bits per heavy atom. The van der Waals surface area contributed by atoms with Crippen LogP contribution >= 0.6 is 0 Å². The molecule has 0 aromatic carbocycles. The summed E-state index contributed by atoms with van der Waals surface area (Å²) >= 11 is 0. The first-order valence-electron chi connectivity index (χ1n) is 2.68. The van der Waals surface area contributed by atoms with Gasteiger partial charge in [-0.05, 0) is 0 Å². The third kappa shape index (κ3) is 0.907. The number of nitrogens with one attached hydrogen (secondary N) is 1. The summed E-state index contributed by atoms with van der Waals surface area (Å²) in [5.74, 6) is 0. The summed E-state index contributed by atoms with van der Waals surface area (Å²) in [4.78, 5) is 23.8. The van der Waals surface area contributed by atoms with E-state index in [1.54, 1.807) is 0 Å². The lowest BCUT2D eigenvalue weighted by atomic mass is 10.6. The molecule has 0 aliphatic heterocycles. The van der Waals surface area contributed by atoms with Gasteiger partial charge >= 0.3 is 5.69 Å². The number of rotatable bonds is 1. The molecule has 10 heavy (non-hydrogen) atoms. The molecule has 4 nitrogen and oxygen atoms in total. The standard InChI is InChI=1S/C6H6N2O2/c1-2-8-5(9)3-4-7-6(8)10/h2-4H,1H2,(H,7,10). The molecule has 4 heteroatoms. The van der Waals surface area contributed by atoms with Gasteiger partial charge in [0.05, 0.1) is 0 Å². The molecule has 0 spiro atoms. The number of hydrogen-bond donors (Lipinski definition) is 1. The third-order valence-electron chi connectivity index (χ3n) is 1.07. The topological polar surface area (TPSA) is 54.9 Å². The van der Waals surface area contributed by atoms with Crippen molar-refractivity contribution in [3.05, 3.63) is 39.7 Å². The molecular weight excluding hydrogens is 132 g/mol. The van der Waals surface area contributed by atoms with E-state index < -0.39 is 5.69 Å². The highest BCUT2D eigenvalue weighted by Gasteiger charge is 1.91. The van der Waals surface area contributed by atoms with Gasteiger partial charge in [-0.1, -0.05) is 6.58 Å². The minimum absolute atomic E-state index is 0.376. The molecule has 0 bridgehead atoms. The van der Waals surface area contributed by atoms with Crippen molar-refractivity contribution in [2.75, 3.05) is 0 Å². The maximum Gasteiger partial charge on any atom is 0.332 e. The highest BCUT2D eigenvalue weighted by molar-refractivity contribution is 5.14. The molecule has 0 atom stereocenters. The number of aromatic nitrogens is 2. The van der Waals surface area contributed by atoms with E-state index in [0.717, 1.165) is 4.57 Å². The third-order valence-corrected chi connectivity index (χ3v) is 1.07. The average molecular weight is 138 g/mol. The second-order valence-electron chi connectivity index (χ2n) is 1.67. The minimum atomic E-state index is -0.470. The van der Waals surface area contributed by atoms with Gasteiger partial charge in [-0.3, -0.25) is 4.79 Å². The van der Waals surface area contributed by atoms with Crippen LogP contribution in [-0.4, -0.2) is 9.55 Å². The van der Waals surface area contributed by atoms with E-state index in [9.17, 15) is 9.59 Å². The van der Waals surface area contributed by atoms with Gasteiger partial charge in [0.25, 0.3) is 5.56 Å². The Balaban J connectivity index is 3.61. The molecule has 1 aromatic rings. The molecule has 0 aliphatic rings. The van der Waals surface area contributed by atoms with Gasteiger partial charge in [0, 0.05) is 18.5 Å². The molecule has 0 aliphatic carbocycles. The Labute approximate surface area is 56.4 Å². The van der Waals surface area contributed by atoms with Crippen LogP contribution in [0, 0.1) is 0 Å². The summed E-state index contributed by atoms with van der Waals surface area (Å²) in [5, 5.41) is 0. The van der Waals surface area contributed by atoms with Crippen LogP contribution in [0.5, 0.6) is 0 Å². The average Bonchev–Trinajstić information content (AvgIpc) is 1.88. The van der Waals surface area contributed by atoms with Crippen molar-refractivity contribution in [3.8, 4) is 0 Å². The second-order valence-corrected chi connectivity index (χ2v) is 1.67. The van der Waals surface area contributed by atoms with Crippen molar-refractivity contribution in [3.63, 3.8) is 0 Å². The van der Waals surface area contributed by atoms with Crippen LogP contribution in [0.15, 0.2) is 28.4 Å². The summed E-state index contributed by atoms with van der Waals surface area (Å²) in [6.07, 6.45) is 2.46. The van der Waals surface area contributed by atoms with Crippen LogP contribution in [0.25, 0.3) is 6.20 Å². The Morgan fingerprint density at radius 1 is 1.60 bits per heavy atom. The molecule has 1 rings (SSSR count). The molecule has 0 fully saturated rings. The van der Waals surface area contributed by atoms with Gasteiger partial charge in [0.15, 0.2) is 0 Å². The van der Waals surface area contributed by atoms with E-state index in [4.69, 9.17) is 0 Å².